The smallest absolute Gasteiger partial charge is 0.331 e. The highest BCUT2D eigenvalue weighted by atomic mass is 16.7. The zero-order valence-corrected chi connectivity index (χ0v) is 22.9. The van der Waals surface area contributed by atoms with Gasteiger partial charge in [-0.3, -0.25) is 4.79 Å². The molecular formula is C30H44O7. The average Bonchev–Trinajstić information content (AvgIpc) is 3.29. The van der Waals surface area contributed by atoms with Crippen LogP contribution in [0.2, 0.25) is 0 Å². The third kappa shape index (κ3) is 3.89. The molecule has 4 aliphatic carbocycles. The molecule has 7 heteroatoms. The lowest BCUT2D eigenvalue weighted by molar-refractivity contribution is -0.272. The van der Waals surface area contributed by atoms with Crippen LogP contribution in [-0.4, -0.2) is 61.3 Å². The van der Waals surface area contributed by atoms with Crippen molar-refractivity contribution in [2.75, 3.05) is 13.7 Å². The van der Waals surface area contributed by atoms with Gasteiger partial charge in [0.05, 0.1) is 18.3 Å². The molecule has 0 aromatic rings. The summed E-state index contributed by atoms with van der Waals surface area (Å²) in [6.45, 7) is 6.87. The van der Waals surface area contributed by atoms with Gasteiger partial charge in [-0.15, -0.1) is 0 Å². The summed E-state index contributed by atoms with van der Waals surface area (Å²) in [7, 11) is 1.63. The molecule has 1 saturated heterocycles. The van der Waals surface area contributed by atoms with Gasteiger partial charge in [-0.05, 0) is 93.5 Å². The third-order valence-corrected chi connectivity index (χ3v) is 11.9. The summed E-state index contributed by atoms with van der Waals surface area (Å²) >= 11 is 0. The van der Waals surface area contributed by atoms with Crippen LogP contribution in [0.4, 0.5) is 0 Å². The van der Waals surface area contributed by atoms with Crippen molar-refractivity contribution in [2.45, 2.75) is 116 Å². The molecular weight excluding hydrogens is 472 g/mol. The standard InChI is InChI=1S/C30H44O7/c1-17-26(32)22(34-4)15-25(36-17)37-20-6-9-28(2)19(14-20)5-11-30-12-7-21(18-13-24(31)35-16-18)29(3,27(30)33)10-8-23(28)30/h13,17,19-23,25-26,32H,5-12,14-16H2,1-4H3/t17-,19-,20+,21-,22-,23-,25+,26-,28+,29-,30-/m1/s1. The first kappa shape index (κ1) is 26.0. The molecule has 6 aliphatic rings. The first-order valence-corrected chi connectivity index (χ1v) is 14.5. The Morgan fingerprint density at radius 3 is 2.54 bits per heavy atom. The lowest BCUT2D eigenvalue weighted by atomic mass is 9.37. The van der Waals surface area contributed by atoms with E-state index in [4.69, 9.17) is 18.9 Å². The maximum atomic E-state index is 14.4. The van der Waals surface area contributed by atoms with E-state index < -0.39 is 6.10 Å². The molecule has 0 radical (unpaired) electrons. The van der Waals surface area contributed by atoms with Gasteiger partial charge in [0.2, 0.25) is 0 Å². The van der Waals surface area contributed by atoms with Crippen LogP contribution in [0.25, 0.3) is 0 Å². The number of rotatable bonds is 4. The highest BCUT2D eigenvalue weighted by molar-refractivity contribution is 5.93. The molecule has 11 atom stereocenters. The van der Waals surface area contributed by atoms with Crippen LogP contribution in [0.5, 0.6) is 0 Å². The Bertz CT molecular complexity index is 977. The van der Waals surface area contributed by atoms with Crippen LogP contribution in [0, 0.1) is 34.0 Å². The number of Topliss-reactive ketones (excluding diaryl/α,β-unsaturated/α-hetero) is 1. The average molecular weight is 517 g/mol. The van der Waals surface area contributed by atoms with Crippen molar-refractivity contribution >= 4 is 11.8 Å². The summed E-state index contributed by atoms with van der Waals surface area (Å²) in [6, 6.07) is 0. The van der Waals surface area contributed by atoms with Crippen LogP contribution >= 0.6 is 0 Å². The van der Waals surface area contributed by atoms with Gasteiger partial charge in [-0.2, -0.15) is 0 Å². The maximum absolute atomic E-state index is 14.4. The molecule has 2 heterocycles. The molecule has 0 aromatic heterocycles. The fourth-order valence-corrected chi connectivity index (χ4v) is 9.85. The molecule has 4 saturated carbocycles. The minimum absolute atomic E-state index is 0.139. The van der Waals surface area contributed by atoms with Gasteiger partial charge in [0.1, 0.15) is 18.5 Å². The van der Waals surface area contributed by atoms with Crippen LogP contribution < -0.4 is 0 Å². The minimum atomic E-state index is -0.628. The summed E-state index contributed by atoms with van der Waals surface area (Å²) in [5.74, 6) is 1.33. The Kier molecular flexibility index (Phi) is 6.42. The van der Waals surface area contributed by atoms with Crippen molar-refractivity contribution in [1.82, 2.24) is 0 Å². The normalized spacial score (nSPS) is 51.6. The molecule has 6 rings (SSSR count). The molecule has 0 unspecified atom stereocenters. The number of methoxy groups -OCH3 is 1. The Hall–Kier alpha value is -1.28. The maximum Gasteiger partial charge on any atom is 0.331 e. The van der Waals surface area contributed by atoms with E-state index in [0.29, 0.717) is 30.6 Å². The van der Waals surface area contributed by atoms with E-state index in [0.717, 1.165) is 63.4 Å². The van der Waals surface area contributed by atoms with Crippen molar-refractivity contribution < 1.29 is 33.6 Å². The number of ketones is 1. The van der Waals surface area contributed by atoms with E-state index in [1.807, 2.05) is 6.92 Å². The number of ether oxygens (including phenoxy) is 4. The van der Waals surface area contributed by atoms with E-state index in [1.54, 1.807) is 13.2 Å². The number of carbonyl (C=O) groups is 2. The van der Waals surface area contributed by atoms with Gasteiger partial charge in [0.25, 0.3) is 0 Å². The molecule has 37 heavy (non-hydrogen) atoms. The largest absolute Gasteiger partial charge is 0.458 e. The van der Waals surface area contributed by atoms with E-state index in [9.17, 15) is 14.7 Å². The first-order valence-electron chi connectivity index (χ1n) is 14.5. The summed E-state index contributed by atoms with van der Waals surface area (Å²) < 4.78 is 23.2. The fourth-order valence-electron chi connectivity index (χ4n) is 9.85. The molecule has 7 nitrogen and oxygen atoms in total. The van der Waals surface area contributed by atoms with Crippen molar-refractivity contribution in [3.8, 4) is 0 Å². The number of hydrogen-bond donors (Lipinski definition) is 1. The molecule has 2 bridgehead atoms. The molecule has 0 aromatic carbocycles. The van der Waals surface area contributed by atoms with Crippen LogP contribution in [0.15, 0.2) is 11.6 Å². The molecule has 5 fully saturated rings. The molecule has 2 aliphatic heterocycles. The second-order valence-corrected chi connectivity index (χ2v) is 13.5. The monoisotopic (exact) mass is 516 g/mol. The number of carbonyl (C=O) groups excluding carboxylic acids is 2. The minimum Gasteiger partial charge on any atom is -0.458 e. The first-order chi connectivity index (χ1) is 17.6. The van der Waals surface area contributed by atoms with E-state index >= 15 is 0 Å². The van der Waals surface area contributed by atoms with Gasteiger partial charge in [0, 0.05) is 30.4 Å². The van der Waals surface area contributed by atoms with Crippen LogP contribution in [0.3, 0.4) is 0 Å². The Balaban J connectivity index is 1.16. The number of fused-ring (bicyclic) bond motifs is 3. The lowest BCUT2D eigenvalue weighted by Gasteiger charge is -2.66. The number of cyclic esters (lactones) is 1. The zero-order chi connectivity index (χ0) is 26.2. The van der Waals surface area contributed by atoms with Gasteiger partial charge in [-0.25, -0.2) is 4.79 Å². The van der Waals surface area contributed by atoms with Crippen LogP contribution in [0.1, 0.15) is 85.0 Å². The Morgan fingerprint density at radius 2 is 1.81 bits per heavy atom. The number of esters is 1. The number of hydrogen-bond acceptors (Lipinski definition) is 7. The summed E-state index contributed by atoms with van der Waals surface area (Å²) in [5.41, 5.74) is 0.597. The topological polar surface area (TPSA) is 91.3 Å². The quantitative estimate of drug-likeness (QED) is 0.439. The van der Waals surface area contributed by atoms with Crippen molar-refractivity contribution in [2.24, 2.45) is 34.0 Å². The van der Waals surface area contributed by atoms with Crippen molar-refractivity contribution in [1.29, 1.82) is 0 Å². The van der Waals surface area contributed by atoms with E-state index in [-0.39, 0.29) is 52.7 Å². The Morgan fingerprint density at radius 1 is 1.03 bits per heavy atom. The number of aliphatic hydroxyl groups excluding tert-OH is 1. The highest BCUT2D eigenvalue weighted by Gasteiger charge is 2.67. The number of aliphatic hydroxyl groups is 1. The molecule has 1 spiro atoms. The van der Waals surface area contributed by atoms with E-state index in [1.165, 1.54) is 0 Å². The van der Waals surface area contributed by atoms with Crippen LogP contribution in [-0.2, 0) is 28.5 Å². The molecule has 1 N–H and O–H groups in total. The highest BCUT2D eigenvalue weighted by Crippen LogP contribution is 2.70. The summed E-state index contributed by atoms with van der Waals surface area (Å²) in [5, 5.41) is 10.3. The van der Waals surface area contributed by atoms with Crippen molar-refractivity contribution in [3.05, 3.63) is 11.6 Å². The predicted molar refractivity (Wildman–Crippen MR) is 135 cm³/mol. The summed E-state index contributed by atoms with van der Waals surface area (Å²) in [4.78, 5) is 26.1. The van der Waals surface area contributed by atoms with E-state index in [2.05, 4.69) is 13.8 Å². The fraction of sp³-hybridized carbons (Fsp3) is 0.867. The summed E-state index contributed by atoms with van der Waals surface area (Å²) in [6.07, 6.45) is 9.85. The van der Waals surface area contributed by atoms with Crippen molar-refractivity contribution in [3.63, 3.8) is 0 Å². The van der Waals surface area contributed by atoms with Gasteiger partial charge >= 0.3 is 5.97 Å². The van der Waals surface area contributed by atoms with Gasteiger partial charge in [-0.1, -0.05) is 13.8 Å². The predicted octanol–water partition coefficient (Wildman–Crippen LogP) is 4.35. The van der Waals surface area contributed by atoms with Gasteiger partial charge < -0.3 is 24.1 Å². The second-order valence-electron chi connectivity index (χ2n) is 13.5. The zero-order valence-electron chi connectivity index (χ0n) is 22.9. The second kappa shape index (κ2) is 9.14. The Labute approximate surface area is 220 Å². The SMILES string of the molecule is CO[C@@H]1C[C@H](O[C@H]2CC[C@@]3(C)[C@H](CC[C@@]45CC[C@H](C6=CC(=O)OC6)[C@@](C)(CC[C@@H]43)C5=O)C2)O[C@H](C)[C@H]1O. The molecule has 206 valence electrons. The lowest BCUT2D eigenvalue weighted by Crippen LogP contribution is -2.64. The third-order valence-electron chi connectivity index (χ3n) is 11.9. The molecule has 0 amide bonds. The van der Waals surface area contributed by atoms with Gasteiger partial charge in [0.15, 0.2) is 6.29 Å².